The van der Waals surface area contributed by atoms with Crippen LogP contribution in [-0.2, 0) is 6.54 Å². The summed E-state index contributed by atoms with van der Waals surface area (Å²) in [7, 11) is 0. The van der Waals surface area contributed by atoms with Gasteiger partial charge in [-0.2, -0.15) is 0 Å². The minimum Gasteiger partial charge on any atom is -0.313 e. The minimum absolute atomic E-state index is 0.194. The largest absolute Gasteiger partial charge is 0.313 e. The summed E-state index contributed by atoms with van der Waals surface area (Å²) in [5.74, 6) is -0.194. The Morgan fingerprint density at radius 3 is 2.75 bits per heavy atom. The van der Waals surface area contributed by atoms with Crippen LogP contribution in [0.1, 0.15) is 19.4 Å². The average Bonchev–Trinajstić information content (AvgIpc) is 2.22. The molecule has 0 saturated heterocycles. The highest BCUT2D eigenvalue weighted by molar-refractivity contribution is 9.10. The summed E-state index contributed by atoms with van der Waals surface area (Å²) in [6.45, 7) is 6.70. The van der Waals surface area contributed by atoms with E-state index in [0.29, 0.717) is 12.6 Å². The van der Waals surface area contributed by atoms with Gasteiger partial charge in [0, 0.05) is 30.1 Å². The van der Waals surface area contributed by atoms with Gasteiger partial charge in [-0.05, 0) is 23.8 Å². The molecule has 1 aromatic rings. The second-order valence-corrected chi connectivity index (χ2v) is 4.88. The van der Waals surface area contributed by atoms with Crippen molar-refractivity contribution in [1.82, 2.24) is 10.6 Å². The third kappa shape index (κ3) is 5.05. The van der Waals surface area contributed by atoms with Crippen LogP contribution >= 0.6 is 15.9 Å². The molecule has 0 heterocycles. The van der Waals surface area contributed by atoms with Gasteiger partial charge in [-0.3, -0.25) is 0 Å². The summed E-state index contributed by atoms with van der Waals surface area (Å²) in [4.78, 5) is 0. The van der Waals surface area contributed by atoms with Crippen molar-refractivity contribution in [3.8, 4) is 0 Å². The Morgan fingerprint density at radius 2 is 2.06 bits per heavy atom. The lowest BCUT2D eigenvalue weighted by atomic mass is 10.2. The van der Waals surface area contributed by atoms with Gasteiger partial charge in [0.1, 0.15) is 5.82 Å². The van der Waals surface area contributed by atoms with Gasteiger partial charge in [-0.1, -0.05) is 29.8 Å². The van der Waals surface area contributed by atoms with Gasteiger partial charge in [0.25, 0.3) is 0 Å². The Kier molecular flexibility index (Phi) is 5.95. The van der Waals surface area contributed by atoms with Crippen LogP contribution in [0.15, 0.2) is 22.7 Å². The number of nitrogens with one attached hydrogen (secondary N) is 2. The van der Waals surface area contributed by atoms with Gasteiger partial charge in [0.15, 0.2) is 0 Å². The molecule has 0 unspecified atom stereocenters. The van der Waals surface area contributed by atoms with Crippen molar-refractivity contribution in [3.63, 3.8) is 0 Å². The fourth-order valence-corrected chi connectivity index (χ4v) is 1.74. The molecule has 0 aliphatic carbocycles. The van der Waals surface area contributed by atoms with Gasteiger partial charge in [-0.15, -0.1) is 0 Å². The number of hydrogen-bond acceptors (Lipinski definition) is 2. The zero-order valence-corrected chi connectivity index (χ0v) is 11.3. The molecule has 0 bridgehead atoms. The third-order valence-electron chi connectivity index (χ3n) is 2.18. The van der Waals surface area contributed by atoms with E-state index in [-0.39, 0.29) is 5.82 Å². The molecule has 0 aromatic heterocycles. The van der Waals surface area contributed by atoms with E-state index < -0.39 is 0 Å². The molecule has 0 aliphatic heterocycles. The van der Waals surface area contributed by atoms with Gasteiger partial charge < -0.3 is 10.6 Å². The normalized spacial score (nSPS) is 11.1. The second-order valence-electron chi connectivity index (χ2n) is 4.02. The topological polar surface area (TPSA) is 24.1 Å². The lowest BCUT2D eigenvalue weighted by molar-refractivity contribution is 0.554. The van der Waals surface area contributed by atoms with Gasteiger partial charge in [0.2, 0.25) is 0 Å². The SMILES string of the molecule is CC(C)NCCNCc1cc(F)ccc1Br. The summed E-state index contributed by atoms with van der Waals surface area (Å²) >= 11 is 3.40. The molecule has 0 radical (unpaired) electrons. The lowest BCUT2D eigenvalue weighted by Crippen LogP contribution is -2.31. The van der Waals surface area contributed by atoms with Crippen molar-refractivity contribution in [3.05, 3.63) is 34.1 Å². The zero-order chi connectivity index (χ0) is 12.0. The summed E-state index contributed by atoms with van der Waals surface area (Å²) in [5, 5.41) is 6.58. The molecular weight excluding hydrogens is 271 g/mol. The highest BCUT2D eigenvalue weighted by atomic mass is 79.9. The smallest absolute Gasteiger partial charge is 0.123 e. The van der Waals surface area contributed by atoms with Crippen LogP contribution in [0.25, 0.3) is 0 Å². The first-order valence-electron chi connectivity index (χ1n) is 5.47. The maximum absolute atomic E-state index is 13.0. The number of halogens is 2. The van der Waals surface area contributed by atoms with E-state index in [1.54, 1.807) is 12.1 Å². The lowest BCUT2D eigenvalue weighted by Gasteiger charge is -2.10. The molecule has 0 atom stereocenters. The van der Waals surface area contributed by atoms with E-state index in [1.807, 2.05) is 0 Å². The first kappa shape index (κ1) is 13.6. The standard InChI is InChI=1S/C12H18BrFN2/c1-9(2)16-6-5-15-8-10-7-11(14)3-4-12(10)13/h3-4,7,9,15-16H,5-6,8H2,1-2H3. The quantitative estimate of drug-likeness (QED) is 0.787. The monoisotopic (exact) mass is 288 g/mol. The molecule has 0 fully saturated rings. The number of rotatable bonds is 6. The van der Waals surface area contributed by atoms with Gasteiger partial charge >= 0.3 is 0 Å². The molecule has 0 aliphatic rings. The fourth-order valence-electron chi connectivity index (χ4n) is 1.35. The molecule has 0 spiro atoms. The van der Waals surface area contributed by atoms with E-state index in [4.69, 9.17) is 0 Å². The van der Waals surface area contributed by atoms with E-state index >= 15 is 0 Å². The van der Waals surface area contributed by atoms with Crippen molar-refractivity contribution in [2.24, 2.45) is 0 Å². The molecule has 90 valence electrons. The summed E-state index contributed by atoms with van der Waals surface area (Å²) < 4.78 is 13.9. The second kappa shape index (κ2) is 6.99. The van der Waals surface area contributed by atoms with Crippen molar-refractivity contribution < 1.29 is 4.39 Å². The highest BCUT2D eigenvalue weighted by Crippen LogP contribution is 2.17. The van der Waals surface area contributed by atoms with E-state index in [9.17, 15) is 4.39 Å². The molecule has 16 heavy (non-hydrogen) atoms. The Balaban J connectivity index is 2.29. The Hall–Kier alpha value is -0.450. The van der Waals surface area contributed by atoms with Crippen LogP contribution in [0, 0.1) is 5.82 Å². The molecule has 0 amide bonds. The first-order chi connectivity index (χ1) is 7.59. The molecule has 1 aromatic carbocycles. The predicted octanol–water partition coefficient (Wildman–Crippen LogP) is 2.68. The summed E-state index contributed by atoms with van der Waals surface area (Å²) in [5.41, 5.74) is 0.949. The van der Waals surface area contributed by atoms with Gasteiger partial charge in [0.05, 0.1) is 0 Å². The number of hydrogen-bond donors (Lipinski definition) is 2. The van der Waals surface area contributed by atoms with Crippen LogP contribution in [0.4, 0.5) is 4.39 Å². The molecule has 1 rings (SSSR count). The van der Waals surface area contributed by atoms with Crippen molar-refractivity contribution in [2.45, 2.75) is 26.4 Å². The molecular formula is C12H18BrFN2. The zero-order valence-electron chi connectivity index (χ0n) is 9.69. The van der Waals surface area contributed by atoms with Crippen LogP contribution in [0.5, 0.6) is 0 Å². The Morgan fingerprint density at radius 1 is 1.31 bits per heavy atom. The van der Waals surface area contributed by atoms with Crippen LogP contribution in [-0.4, -0.2) is 19.1 Å². The number of benzene rings is 1. The third-order valence-corrected chi connectivity index (χ3v) is 2.95. The average molecular weight is 289 g/mol. The van der Waals surface area contributed by atoms with Crippen LogP contribution in [0.2, 0.25) is 0 Å². The van der Waals surface area contributed by atoms with E-state index in [1.165, 1.54) is 6.07 Å². The van der Waals surface area contributed by atoms with Crippen LogP contribution in [0.3, 0.4) is 0 Å². The Labute approximate surface area is 105 Å². The van der Waals surface area contributed by atoms with Crippen molar-refractivity contribution >= 4 is 15.9 Å². The van der Waals surface area contributed by atoms with Gasteiger partial charge in [-0.25, -0.2) is 4.39 Å². The maximum atomic E-state index is 13.0. The van der Waals surface area contributed by atoms with Crippen LogP contribution < -0.4 is 10.6 Å². The maximum Gasteiger partial charge on any atom is 0.123 e. The molecule has 0 saturated carbocycles. The molecule has 2 N–H and O–H groups in total. The van der Waals surface area contributed by atoms with Crippen molar-refractivity contribution in [1.29, 1.82) is 0 Å². The van der Waals surface area contributed by atoms with E-state index in [0.717, 1.165) is 23.1 Å². The van der Waals surface area contributed by atoms with E-state index in [2.05, 4.69) is 40.4 Å². The fraction of sp³-hybridized carbons (Fsp3) is 0.500. The Bertz CT molecular complexity index is 329. The van der Waals surface area contributed by atoms with Crippen molar-refractivity contribution in [2.75, 3.05) is 13.1 Å². The first-order valence-corrected chi connectivity index (χ1v) is 6.27. The predicted molar refractivity (Wildman–Crippen MR) is 68.9 cm³/mol. The molecule has 4 heteroatoms. The highest BCUT2D eigenvalue weighted by Gasteiger charge is 2.01. The summed E-state index contributed by atoms with van der Waals surface area (Å²) in [6.07, 6.45) is 0. The minimum atomic E-state index is -0.194. The molecule has 2 nitrogen and oxygen atoms in total. The summed E-state index contributed by atoms with van der Waals surface area (Å²) in [6, 6.07) is 5.24.